The van der Waals surface area contributed by atoms with Crippen LogP contribution < -0.4 is 4.90 Å². The first-order valence-corrected chi connectivity index (χ1v) is 7.77. The summed E-state index contributed by atoms with van der Waals surface area (Å²) in [6.45, 7) is 4.54. The summed E-state index contributed by atoms with van der Waals surface area (Å²) < 4.78 is 0.824. The van der Waals surface area contributed by atoms with Crippen LogP contribution in [0.4, 0.5) is 5.69 Å². The molecule has 0 N–H and O–H groups in total. The third-order valence-electron chi connectivity index (χ3n) is 2.62. The lowest BCUT2D eigenvalue weighted by molar-refractivity contribution is -0.117. The summed E-state index contributed by atoms with van der Waals surface area (Å²) in [4.78, 5) is 14.3. The Labute approximate surface area is 120 Å². The number of rotatable bonds is 5. The molecule has 0 bridgehead atoms. The molecule has 0 spiro atoms. The number of hydrogen-bond acceptors (Lipinski definition) is 5. The quantitative estimate of drug-likeness (QED) is 0.795. The zero-order valence-electron chi connectivity index (χ0n) is 10.8. The maximum absolute atomic E-state index is 12.5. The van der Waals surface area contributed by atoms with E-state index in [1.807, 2.05) is 44.2 Å². The Hall–Kier alpha value is -1.40. The van der Waals surface area contributed by atoms with Gasteiger partial charge in [0.2, 0.25) is 5.91 Å². The van der Waals surface area contributed by atoms with Gasteiger partial charge in [-0.2, -0.15) is 0 Å². The molecule has 1 aromatic heterocycles. The van der Waals surface area contributed by atoms with Gasteiger partial charge in [0.05, 0.1) is 5.25 Å². The van der Waals surface area contributed by atoms with Crippen LogP contribution >= 0.6 is 23.1 Å². The molecule has 1 aromatic carbocycles. The van der Waals surface area contributed by atoms with Crippen LogP contribution in [0.5, 0.6) is 0 Å². The first-order chi connectivity index (χ1) is 9.22. The van der Waals surface area contributed by atoms with Gasteiger partial charge in [-0.25, -0.2) is 0 Å². The Morgan fingerprint density at radius 1 is 1.42 bits per heavy atom. The van der Waals surface area contributed by atoms with E-state index in [2.05, 4.69) is 10.2 Å². The normalized spacial score (nSPS) is 12.1. The van der Waals surface area contributed by atoms with Crippen LogP contribution in [0.25, 0.3) is 0 Å². The number of amides is 1. The van der Waals surface area contributed by atoms with E-state index in [1.165, 1.54) is 23.1 Å². The van der Waals surface area contributed by atoms with Gasteiger partial charge in [0.15, 0.2) is 4.34 Å². The topological polar surface area (TPSA) is 46.1 Å². The minimum atomic E-state index is -0.173. The van der Waals surface area contributed by atoms with Gasteiger partial charge in [-0.3, -0.25) is 4.79 Å². The Kier molecular flexibility index (Phi) is 4.93. The molecular weight excluding hydrogens is 278 g/mol. The second-order valence-electron chi connectivity index (χ2n) is 3.88. The van der Waals surface area contributed by atoms with Crippen molar-refractivity contribution in [3.05, 3.63) is 35.8 Å². The molecule has 0 aliphatic carbocycles. The zero-order valence-corrected chi connectivity index (χ0v) is 12.4. The molecule has 1 heterocycles. The number of anilines is 1. The smallest absolute Gasteiger partial charge is 0.240 e. The number of aromatic nitrogens is 2. The van der Waals surface area contributed by atoms with Crippen LogP contribution in [-0.4, -0.2) is 27.9 Å². The van der Waals surface area contributed by atoms with E-state index in [0.717, 1.165) is 10.0 Å². The molecule has 0 aliphatic rings. The van der Waals surface area contributed by atoms with E-state index in [4.69, 9.17) is 0 Å². The fraction of sp³-hybridized carbons (Fsp3) is 0.308. The fourth-order valence-electron chi connectivity index (χ4n) is 1.71. The molecule has 0 fully saturated rings. The predicted molar refractivity (Wildman–Crippen MR) is 79.7 cm³/mol. The van der Waals surface area contributed by atoms with Crippen LogP contribution in [-0.2, 0) is 4.79 Å². The van der Waals surface area contributed by atoms with Gasteiger partial charge in [0.1, 0.15) is 5.51 Å². The number of hydrogen-bond donors (Lipinski definition) is 0. The summed E-state index contributed by atoms with van der Waals surface area (Å²) in [6, 6.07) is 9.72. The van der Waals surface area contributed by atoms with Gasteiger partial charge in [-0.15, -0.1) is 10.2 Å². The molecule has 19 heavy (non-hydrogen) atoms. The van der Waals surface area contributed by atoms with E-state index >= 15 is 0 Å². The Bertz CT molecular complexity index is 516. The maximum Gasteiger partial charge on any atom is 0.240 e. The SMILES string of the molecule is CCN(C(=O)[C@@H](C)Sc1nncs1)c1ccccc1. The molecule has 100 valence electrons. The summed E-state index contributed by atoms with van der Waals surface area (Å²) in [5.41, 5.74) is 2.61. The number of nitrogens with zero attached hydrogens (tertiary/aromatic N) is 3. The zero-order chi connectivity index (χ0) is 13.7. The van der Waals surface area contributed by atoms with E-state index in [9.17, 15) is 4.79 Å². The molecule has 0 radical (unpaired) electrons. The highest BCUT2D eigenvalue weighted by Gasteiger charge is 2.22. The molecule has 1 atom stereocenters. The largest absolute Gasteiger partial charge is 0.312 e. The number of para-hydroxylation sites is 1. The molecule has 0 aliphatic heterocycles. The lowest BCUT2D eigenvalue weighted by Crippen LogP contribution is -2.36. The first-order valence-electron chi connectivity index (χ1n) is 6.01. The van der Waals surface area contributed by atoms with Crippen molar-refractivity contribution in [2.75, 3.05) is 11.4 Å². The van der Waals surface area contributed by atoms with Crippen molar-refractivity contribution in [3.8, 4) is 0 Å². The van der Waals surface area contributed by atoms with Crippen LogP contribution in [0.1, 0.15) is 13.8 Å². The van der Waals surface area contributed by atoms with E-state index in [0.29, 0.717) is 6.54 Å². The highest BCUT2D eigenvalue weighted by Crippen LogP contribution is 2.26. The Balaban J connectivity index is 2.08. The first kappa shape index (κ1) is 14.0. The highest BCUT2D eigenvalue weighted by atomic mass is 32.2. The van der Waals surface area contributed by atoms with E-state index in [1.54, 1.807) is 10.4 Å². The van der Waals surface area contributed by atoms with Gasteiger partial charge in [-0.05, 0) is 26.0 Å². The van der Waals surface area contributed by atoms with Crippen molar-refractivity contribution >= 4 is 34.7 Å². The lowest BCUT2D eigenvalue weighted by Gasteiger charge is -2.23. The molecule has 2 aromatic rings. The van der Waals surface area contributed by atoms with Crippen molar-refractivity contribution in [3.63, 3.8) is 0 Å². The molecule has 0 unspecified atom stereocenters. The third-order valence-corrected chi connectivity index (χ3v) is 4.51. The van der Waals surface area contributed by atoms with E-state index in [-0.39, 0.29) is 11.2 Å². The van der Waals surface area contributed by atoms with Crippen LogP contribution in [0.2, 0.25) is 0 Å². The summed E-state index contributed by atoms with van der Waals surface area (Å²) >= 11 is 2.90. The molecule has 1 amide bonds. The van der Waals surface area contributed by atoms with Crippen LogP contribution in [0.15, 0.2) is 40.2 Å². The average molecular weight is 293 g/mol. The number of carbonyl (C=O) groups is 1. The monoisotopic (exact) mass is 293 g/mol. The van der Waals surface area contributed by atoms with Gasteiger partial charge >= 0.3 is 0 Å². The molecule has 4 nitrogen and oxygen atoms in total. The van der Waals surface area contributed by atoms with Crippen LogP contribution in [0, 0.1) is 0 Å². The predicted octanol–water partition coefficient (Wildman–Crippen LogP) is 3.07. The summed E-state index contributed by atoms with van der Waals surface area (Å²) in [5.74, 6) is 0.0916. The molecule has 2 rings (SSSR count). The fourth-order valence-corrected chi connectivity index (χ4v) is 3.40. The highest BCUT2D eigenvalue weighted by molar-refractivity contribution is 8.02. The summed E-state index contributed by atoms with van der Waals surface area (Å²) in [6.07, 6.45) is 0. The van der Waals surface area contributed by atoms with Crippen LogP contribution in [0.3, 0.4) is 0 Å². The molecule has 6 heteroatoms. The van der Waals surface area contributed by atoms with Crippen molar-refractivity contribution in [1.29, 1.82) is 0 Å². The second kappa shape index (κ2) is 6.68. The summed E-state index contributed by atoms with van der Waals surface area (Å²) in [5, 5.41) is 7.56. The van der Waals surface area contributed by atoms with Crippen molar-refractivity contribution < 1.29 is 4.79 Å². The number of carbonyl (C=O) groups excluding carboxylic acids is 1. The van der Waals surface area contributed by atoms with Crippen molar-refractivity contribution in [2.24, 2.45) is 0 Å². The minimum Gasteiger partial charge on any atom is -0.312 e. The second-order valence-corrected chi connectivity index (χ2v) is 6.30. The van der Waals surface area contributed by atoms with Gasteiger partial charge < -0.3 is 4.90 Å². The minimum absolute atomic E-state index is 0.0916. The molecular formula is C13H15N3OS2. The number of thioether (sulfide) groups is 1. The third kappa shape index (κ3) is 3.54. The standard InChI is InChI=1S/C13H15N3OS2/c1-3-16(11-7-5-4-6-8-11)12(17)10(2)19-13-15-14-9-18-13/h4-10H,3H2,1-2H3/t10-/m1/s1. The summed E-state index contributed by atoms with van der Waals surface area (Å²) in [7, 11) is 0. The number of benzene rings is 1. The Morgan fingerprint density at radius 2 is 2.16 bits per heavy atom. The Morgan fingerprint density at radius 3 is 2.74 bits per heavy atom. The van der Waals surface area contributed by atoms with Crippen molar-refractivity contribution in [2.45, 2.75) is 23.4 Å². The van der Waals surface area contributed by atoms with E-state index < -0.39 is 0 Å². The van der Waals surface area contributed by atoms with Gasteiger partial charge in [0.25, 0.3) is 0 Å². The van der Waals surface area contributed by atoms with Crippen molar-refractivity contribution in [1.82, 2.24) is 10.2 Å². The maximum atomic E-state index is 12.5. The van der Waals surface area contributed by atoms with Gasteiger partial charge in [0, 0.05) is 12.2 Å². The lowest BCUT2D eigenvalue weighted by atomic mass is 10.2. The molecule has 0 saturated heterocycles. The average Bonchev–Trinajstić information content (AvgIpc) is 2.93. The molecule has 0 saturated carbocycles. The van der Waals surface area contributed by atoms with Gasteiger partial charge in [-0.1, -0.05) is 41.3 Å².